The van der Waals surface area contributed by atoms with E-state index in [0.29, 0.717) is 13.0 Å². The van der Waals surface area contributed by atoms with Gasteiger partial charge >= 0.3 is 0 Å². The summed E-state index contributed by atoms with van der Waals surface area (Å²) in [5.41, 5.74) is -0.949. The highest BCUT2D eigenvalue weighted by molar-refractivity contribution is 5.83. The van der Waals surface area contributed by atoms with Crippen molar-refractivity contribution in [3.05, 3.63) is 0 Å². The van der Waals surface area contributed by atoms with Crippen LogP contribution in [0.1, 0.15) is 48.0 Å². The SMILES string of the molecule is CCN(CCC(=O)C(C)(C)C)CC(C)(C)O. The molecule has 0 saturated carbocycles. The fourth-order valence-electron chi connectivity index (χ4n) is 1.53. The Labute approximate surface area is 99.8 Å². The molecular formula is C13H27NO2. The van der Waals surface area contributed by atoms with Crippen molar-refractivity contribution in [2.75, 3.05) is 19.6 Å². The van der Waals surface area contributed by atoms with Crippen LogP contribution in [-0.4, -0.2) is 41.0 Å². The average molecular weight is 229 g/mol. The van der Waals surface area contributed by atoms with E-state index in [2.05, 4.69) is 4.90 Å². The summed E-state index contributed by atoms with van der Waals surface area (Å²) in [6, 6.07) is 0. The maximum Gasteiger partial charge on any atom is 0.139 e. The third-order valence-corrected chi connectivity index (χ3v) is 2.55. The molecule has 0 bridgehead atoms. The van der Waals surface area contributed by atoms with Crippen LogP contribution in [0.4, 0.5) is 0 Å². The topological polar surface area (TPSA) is 40.5 Å². The molecule has 0 atom stereocenters. The summed E-state index contributed by atoms with van der Waals surface area (Å²) < 4.78 is 0. The zero-order chi connectivity index (χ0) is 13.0. The summed E-state index contributed by atoms with van der Waals surface area (Å²) in [5.74, 6) is 0.279. The van der Waals surface area contributed by atoms with Crippen molar-refractivity contribution in [1.29, 1.82) is 0 Å². The molecule has 16 heavy (non-hydrogen) atoms. The van der Waals surface area contributed by atoms with Crippen LogP contribution in [0.2, 0.25) is 0 Å². The van der Waals surface area contributed by atoms with Gasteiger partial charge in [0.1, 0.15) is 5.78 Å². The third kappa shape index (κ3) is 6.96. The summed E-state index contributed by atoms with van der Waals surface area (Å²) in [6.45, 7) is 13.7. The Morgan fingerprint density at radius 3 is 2.00 bits per heavy atom. The van der Waals surface area contributed by atoms with E-state index in [1.54, 1.807) is 13.8 Å². The number of nitrogens with zero attached hydrogens (tertiary/aromatic N) is 1. The fraction of sp³-hybridized carbons (Fsp3) is 0.923. The molecule has 0 unspecified atom stereocenters. The van der Waals surface area contributed by atoms with Gasteiger partial charge in [0.05, 0.1) is 5.60 Å². The maximum atomic E-state index is 11.8. The number of aliphatic hydroxyl groups is 1. The van der Waals surface area contributed by atoms with Crippen molar-refractivity contribution in [2.45, 2.75) is 53.6 Å². The Morgan fingerprint density at radius 1 is 1.19 bits per heavy atom. The van der Waals surface area contributed by atoms with Crippen LogP contribution in [0.15, 0.2) is 0 Å². The number of carbonyl (C=O) groups is 1. The molecule has 0 aliphatic carbocycles. The largest absolute Gasteiger partial charge is 0.389 e. The normalized spacial score (nSPS) is 13.2. The number of hydrogen-bond donors (Lipinski definition) is 1. The summed E-state index contributed by atoms with van der Waals surface area (Å²) in [6.07, 6.45) is 0.563. The van der Waals surface area contributed by atoms with E-state index in [1.807, 2.05) is 27.7 Å². The molecule has 0 aromatic heterocycles. The number of carbonyl (C=O) groups excluding carboxylic acids is 1. The standard InChI is InChI=1S/C13H27NO2/c1-7-14(10-13(5,6)16)9-8-11(15)12(2,3)4/h16H,7-10H2,1-6H3. The van der Waals surface area contributed by atoms with Gasteiger partial charge in [0.15, 0.2) is 0 Å². The second kappa shape index (κ2) is 5.78. The van der Waals surface area contributed by atoms with Gasteiger partial charge in [0, 0.05) is 24.9 Å². The monoisotopic (exact) mass is 229 g/mol. The molecule has 0 spiro atoms. The van der Waals surface area contributed by atoms with Crippen molar-refractivity contribution in [2.24, 2.45) is 5.41 Å². The number of likely N-dealkylation sites (N-methyl/N-ethyl adjacent to an activating group) is 1. The quantitative estimate of drug-likeness (QED) is 0.758. The van der Waals surface area contributed by atoms with Crippen LogP contribution in [0, 0.1) is 5.41 Å². The molecule has 0 saturated heterocycles. The molecule has 0 amide bonds. The molecule has 0 rings (SSSR count). The number of Topliss-reactive ketones (excluding diaryl/α,β-unsaturated/α-hetero) is 1. The first-order valence-electron chi connectivity index (χ1n) is 6.04. The summed E-state index contributed by atoms with van der Waals surface area (Å²) in [5, 5.41) is 9.72. The van der Waals surface area contributed by atoms with Crippen LogP contribution >= 0.6 is 0 Å². The Kier molecular flexibility index (Phi) is 5.63. The van der Waals surface area contributed by atoms with Crippen molar-refractivity contribution in [3.63, 3.8) is 0 Å². The zero-order valence-corrected chi connectivity index (χ0v) is 11.6. The first-order valence-corrected chi connectivity index (χ1v) is 6.04. The van der Waals surface area contributed by atoms with E-state index in [0.717, 1.165) is 13.1 Å². The molecule has 0 radical (unpaired) electrons. The summed E-state index contributed by atoms with van der Waals surface area (Å²) in [4.78, 5) is 13.9. The van der Waals surface area contributed by atoms with Gasteiger partial charge in [-0.25, -0.2) is 0 Å². The van der Waals surface area contributed by atoms with Gasteiger partial charge in [-0.1, -0.05) is 27.7 Å². The molecule has 0 fully saturated rings. The molecule has 96 valence electrons. The van der Waals surface area contributed by atoms with Crippen LogP contribution in [0.5, 0.6) is 0 Å². The lowest BCUT2D eigenvalue weighted by Crippen LogP contribution is -2.40. The van der Waals surface area contributed by atoms with E-state index >= 15 is 0 Å². The molecule has 3 nitrogen and oxygen atoms in total. The predicted molar refractivity (Wildman–Crippen MR) is 67.5 cm³/mol. The minimum atomic E-state index is -0.694. The van der Waals surface area contributed by atoms with Crippen molar-refractivity contribution in [1.82, 2.24) is 4.90 Å². The third-order valence-electron chi connectivity index (χ3n) is 2.55. The van der Waals surface area contributed by atoms with Gasteiger partial charge in [0.2, 0.25) is 0 Å². The van der Waals surface area contributed by atoms with Gasteiger partial charge in [-0.15, -0.1) is 0 Å². The minimum absolute atomic E-state index is 0.256. The lowest BCUT2D eigenvalue weighted by Gasteiger charge is -2.28. The molecular weight excluding hydrogens is 202 g/mol. The molecule has 0 aromatic carbocycles. The van der Waals surface area contributed by atoms with Gasteiger partial charge in [-0.05, 0) is 20.4 Å². The minimum Gasteiger partial charge on any atom is -0.389 e. The lowest BCUT2D eigenvalue weighted by atomic mass is 9.89. The van der Waals surface area contributed by atoms with Crippen molar-refractivity contribution >= 4 is 5.78 Å². The molecule has 1 N–H and O–H groups in total. The van der Waals surface area contributed by atoms with E-state index < -0.39 is 5.60 Å². The van der Waals surface area contributed by atoms with Gasteiger partial charge in [0.25, 0.3) is 0 Å². The highest BCUT2D eigenvalue weighted by atomic mass is 16.3. The van der Waals surface area contributed by atoms with Crippen molar-refractivity contribution in [3.8, 4) is 0 Å². The van der Waals surface area contributed by atoms with E-state index in [4.69, 9.17) is 0 Å². The number of hydrogen-bond acceptors (Lipinski definition) is 3. The zero-order valence-electron chi connectivity index (χ0n) is 11.6. The fourth-order valence-corrected chi connectivity index (χ4v) is 1.53. The molecule has 0 aliphatic rings. The Hall–Kier alpha value is -0.410. The first kappa shape index (κ1) is 15.6. The average Bonchev–Trinajstić information content (AvgIpc) is 2.08. The van der Waals surface area contributed by atoms with E-state index in [1.165, 1.54) is 0 Å². The number of ketones is 1. The second-order valence-electron chi connectivity index (χ2n) is 6.10. The number of rotatable bonds is 6. The van der Waals surface area contributed by atoms with Gasteiger partial charge in [-0.2, -0.15) is 0 Å². The molecule has 3 heteroatoms. The Bertz CT molecular complexity index is 223. The lowest BCUT2D eigenvalue weighted by molar-refractivity contribution is -0.126. The van der Waals surface area contributed by atoms with Gasteiger partial charge < -0.3 is 10.0 Å². The van der Waals surface area contributed by atoms with Crippen LogP contribution < -0.4 is 0 Å². The molecule has 0 aromatic rings. The van der Waals surface area contributed by atoms with Crippen LogP contribution in [0.3, 0.4) is 0 Å². The van der Waals surface area contributed by atoms with Crippen LogP contribution in [-0.2, 0) is 4.79 Å². The Balaban J connectivity index is 4.12. The molecule has 0 aliphatic heterocycles. The van der Waals surface area contributed by atoms with Crippen LogP contribution in [0.25, 0.3) is 0 Å². The molecule has 0 heterocycles. The second-order valence-corrected chi connectivity index (χ2v) is 6.10. The van der Waals surface area contributed by atoms with Gasteiger partial charge in [-0.3, -0.25) is 4.79 Å². The summed E-state index contributed by atoms with van der Waals surface area (Å²) in [7, 11) is 0. The predicted octanol–water partition coefficient (Wildman–Crippen LogP) is 2.08. The highest BCUT2D eigenvalue weighted by Crippen LogP contribution is 2.17. The maximum absolute atomic E-state index is 11.8. The Morgan fingerprint density at radius 2 is 1.69 bits per heavy atom. The smallest absolute Gasteiger partial charge is 0.139 e. The van der Waals surface area contributed by atoms with E-state index in [9.17, 15) is 9.90 Å². The first-order chi connectivity index (χ1) is 7.06. The van der Waals surface area contributed by atoms with E-state index in [-0.39, 0.29) is 11.2 Å². The highest BCUT2D eigenvalue weighted by Gasteiger charge is 2.23. The van der Waals surface area contributed by atoms with Crippen molar-refractivity contribution < 1.29 is 9.90 Å². The summed E-state index contributed by atoms with van der Waals surface area (Å²) >= 11 is 0.